The van der Waals surface area contributed by atoms with Gasteiger partial charge in [-0.3, -0.25) is 14.3 Å². The van der Waals surface area contributed by atoms with Crippen molar-refractivity contribution in [3.05, 3.63) is 51.9 Å². The monoisotopic (exact) mass is 483 g/mol. The van der Waals surface area contributed by atoms with Gasteiger partial charge in [0.25, 0.3) is 11.8 Å². The van der Waals surface area contributed by atoms with Gasteiger partial charge in [0.15, 0.2) is 0 Å². The summed E-state index contributed by atoms with van der Waals surface area (Å²) >= 11 is 6.71. The number of rotatable bonds is 5. The molecule has 0 aliphatic carbocycles. The lowest BCUT2D eigenvalue weighted by Gasteiger charge is -2.11. The fourth-order valence-corrected chi connectivity index (χ4v) is 4.40. The van der Waals surface area contributed by atoms with Crippen molar-refractivity contribution in [2.75, 3.05) is 5.32 Å². The van der Waals surface area contributed by atoms with Crippen molar-refractivity contribution in [3.8, 4) is 11.3 Å². The second-order valence-electron chi connectivity index (χ2n) is 6.49. The summed E-state index contributed by atoms with van der Waals surface area (Å²) in [4.78, 5) is 28.4. The summed E-state index contributed by atoms with van der Waals surface area (Å²) in [6.07, 6.45) is -2.18. The van der Waals surface area contributed by atoms with Crippen LogP contribution in [-0.2, 0) is 12.7 Å². The number of nitrogens with two attached hydrogens (primary N) is 1. The van der Waals surface area contributed by atoms with E-state index in [0.29, 0.717) is 17.9 Å². The van der Waals surface area contributed by atoms with Crippen molar-refractivity contribution >= 4 is 50.7 Å². The number of anilines is 1. The number of halogens is 4. The third kappa shape index (κ3) is 3.71. The maximum atomic E-state index is 13.5. The number of thiophene rings is 1. The Hall–Kier alpha value is -3.38. The van der Waals surface area contributed by atoms with Crippen LogP contribution in [0.25, 0.3) is 21.5 Å². The first-order chi connectivity index (χ1) is 15.1. The van der Waals surface area contributed by atoms with E-state index in [-0.39, 0.29) is 42.8 Å². The molecule has 4 aromatic rings. The number of nitrogens with zero attached hydrogens (tertiary/aromatic N) is 3. The minimum absolute atomic E-state index is 0.0125. The van der Waals surface area contributed by atoms with Crippen LogP contribution in [0.3, 0.4) is 0 Å². The molecule has 0 fully saturated rings. The summed E-state index contributed by atoms with van der Waals surface area (Å²) in [5.41, 5.74) is 4.19. The molecule has 4 heterocycles. The zero-order valence-electron chi connectivity index (χ0n) is 16.2. The Morgan fingerprint density at radius 3 is 2.72 bits per heavy atom. The van der Waals surface area contributed by atoms with Gasteiger partial charge in [-0.05, 0) is 25.1 Å². The summed E-state index contributed by atoms with van der Waals surface area (Å²) in [6, 6.07) is 3.73. The number of nitrogens with one attached hydrogen (secondary N) is 1. The van der Waals surface area contributed by atoms with Gasteiger partial charge in [-0.1, -0.05) is 11.6 Å². The molecular formula is C19H13ClF3N5O3S. The lowest BCUT2D eigenvalue weighted by molar-refractivity contribution is -0.140. The fourth-order valence-electron chi connectivity index (χ4n) is 3.16. The molecule has 0 aliphatic rings. The third-order valence-corrected chi connectivity index (χ3v) is 5.89. The molecule has 4 aromatic heterocycles. The second kappa shape index (κ2) is 7.95. The van der Waals surface area contributed by atoms with E-state index in [1.807, 2.05) is 0 Å². The number of hydrogen-bond donors (Lipinski definition) is 2. The van der Waals surface area contributed by atoms with Crippen molar-refractivity contribution in [1.29, 1.82) is 0 Å². The molecular weight excluding hydrogens is 471 g/mol. The number of fused-ring (bicyclic) bond motifs is 1. The number of carbonyl (C=O) groups excluding carboxylic acids is 2. The van der Waals surface area contributed by atoms with Gasteiger partial charge >= 0.3 is 6.18 Å². The number of alkyl halides is 3. The van der Waals surface area contributed by atoms with E-state index in [4.69, 9.17) is 21.8 Å². The van der Waals surface area contributed by atoms with E-state index in [9.17, 15) is 22.8 Å². The average Bonchev–Trinajstić information content (AvgIpc) is 3.45. The number of carbonyl (C=O) groups is 2. The summed E-state index contributed by atoms with van der Waals surface area (Å²) < 4.78 is 47.0. The molecule has 0 atom stereocenters. The highest BCUT2D eigenvalue weighted by molar-refractivity contribution is 7.21. The Morgan fingerprint density at radius 2 is 2.12 bits per heavy atom. The zero-order chi connectivity index (χ0) is 23.2. The van der Waals surface area contributed by atoms with Crippen LogP contribution in [0.5, 0.6) is 0 Å². The summed E-state index contributed by atoms with van der Waals surface area (Å²) in [7, 11) is 0. The highest BCUT2D eigenvalue weighted by Crippen LogP contribution is 2.44. The minimum Gasteiger partial charge on any atom is -0.464 e. The molecule has 0 aliphatic heterocycles. The summed E-state index contributed by atoms with van der Waals surface area (Å²) in [5, 5.41) is 6.69. The molecule has 0 bridgehead atoms. The van der Waals surface area contributed by atoms with Crippen LogP contribution in [0.2, 0.25) is 5.02 Å². The lowest BCUT2D eigenvalue weighted by atomic mass is 10.1. The Kier molecular flexibility index (Phi) is 5.42. The minimum atomic E-state index is -4.75. The number of primary amides is 1. The summed E-state index contributed by atoms with van der Waals surface area (Å²) in [6.45, 7) is 2.07. The van der Waals surface area contributed by atoms with Crippen molar-refractivity contribution in [1.82, 2.24) is 14.8 Å². The van der Waals surface area contributed by atoms with Crippen LogP contribution in [-0.4, -0.2) is 26.6 Å². The molecule has 0 spiro atoms. The van der Waals surface area contributed by atoms with Crippen LogP contribution < -0.4 is 11.1 Å². The number of aryl methyl sites for hydroxylation is 1. The number of aromatic nitrogens is 3. The van der Waals surface area contributed by atoms with Crippen molar-refractivity contribution < 1.29 is 27.2 Å². The molecule has 0 aromatic carbocycles. The third-order valence-electron chi connectivity index (χ3n) is 4.51. The van der Waals surface area contributed by atoms with E-state index in [2.05, 4.69) is 15.4 Å². The van der Waals surface area contributed by atoms with Crippen molar-refractivity contribution in [3.63, 3.8) is 0 Å². The average molecular weight is 484 g/mol. The molecule has 166 valence electrons. The van der Waals surface area contributed by atoms with Gasteiger partial charge in [0, 0.05) is 17.5 Å². The Morgan fingerprint density at radius 1 is 1.38 bits per heavy atom. The van der Waals surface area contributed by atoms with E-state index in [0.717, 1.165) is 6.07 Å². The van der Waals surface area contributed by atoms with Gasteiger partial charge in [0.2, 0.25) is 0 Å². The number of pyridine rings is 1. The Bertz CT molecular complexity index is 1340. The molecule has 8 nitrogen and oxygen atoms in total. The first kappa shape index (κ1) is 21.8. The smallest absolute Gasteiger partial charge is 0.433 e. The van der Waals surface area contributed by atoms with Gasteiger partial charge in [0.05, 0.1) is 23.2 Å². The second-order valence-corrected chi connectivity index (χ2v) is 7.90. The van der Waals surface area contributed by atoms with Crippen LogP contribution in [0.1, 0.15) is 32.8 Å². The van der Waals surface area contributed by atoms with Crippen molar-refractivity contribution in [2.24, 2.45) is 5.73 Å². The molecule has 0 saturated carbocycles. The molecule has 0 saturated heterocycles. The van der Waals surface area contributed by atoms with E-state index < -0.39 is 23.7 Å². The molecule has 0 radical (unpaired) electrons. The SMILES string of the molecule is CCn1ncc(Cl)c1C(=O)Nc1c(C(N)=O)sc2nc(C(F)(F)F)cc(-c3ccco3)c12. The maximum absolute atomic E-state index is 13.5. The predicted octanol–water partition coefficient (Wildman–Crippen LogP) is 4.80. The maximum Gasteiger partial charge on any atom is 0.433 e. The summed E-state index contributed by atoms with van der Waals surface area (Å²) in [5.74, 6) is -1.58. The number of amides is 2. The zero-order valence-corrected chi connectivity index (χ0v) is 17.7. The van der Waals surface area contributed by atoms with Crippen LogP contribution in [0, 0.1) is 0 Å². The molecule has 3 N–H and O–H groups in total. The largest absolute Gasteiger partial charge is 0.464 e. The molecule has 4 rings (SSSR count). The topological polar surface area (TPSA) is 116 Å². The molecule has 32 heavy (non-hydrogen) atoms. The van der Waals surface area contributed by atoms with Crippen LogP contribution in [0.15, 0.2) is 35.1 Å². The predicted molar refractivity (Wildman–Crippen MR) is 112 cm³/mol. The Balaban J connectivity index is 1.97. The van der Waals surface area contributed by atoms with Gasteiger partial charge < -0.3 is 15.5 Å². The van der Waals surface area contributed by atoms with Gasteiger partial charge in [-0.15, -0.1) is 11.3 Å². The molecule has 13 heteroatoms. The highest BCUT2D eigenvalue weighted by atomic mass is 35.5. The van der Waals surface area contributed by atoms with Gasteiger partial charge in [0.1, 0.15) is 26.9 Å². The van der Waals surface area contributed by atoms with Crippen LogP contribution >= 0.6 is 22.9 Å². The van der Waals surface area contributed by atoms with Gasteiger partial charge in [-0.2, -0.15) is 18.3 Å². The van der Waals surface area contributed by atoms with Crippen LogP contribution in [0.4, 0.5) is 18.9 Å². The first-order valence-electron chi connectivity index (χ1n) is 9.02. The van der Waals surface area contributed by atoms with Crippen molar-refractivity contribution in [2.45, 2.75) is 19.6 Å². The van der Waals surface area contributed by atoms with E-state index in [1.54, 1.807) is 6.92 Å². The highest BCUT2D eigenvalue weighted by Gasteiger charge is 2.35. The quantitative estimate of drug-likeness (QED) is 0.423. The fraction of sp³-hybridized carbons (Fsp3) is 0.158. The standard InChI is InChI=1S/C19H13ClF3N5O3S/c1-2-28-14(9(20)7-25-28)17(30)27-13-12-8(10-4-3-5-31-10)6-11(19(21,22)23)26-18(12)32-15(13)16(24)29/h3-7H,2H2,1H3,(H2,24,29)(H,27,30). The first-order valence-corrected chi connectivity index (χ1v) is 10.2. The number of furan rings is 1. The van der Waals surface area contributed by atoms with E-state index >= 15 is 0 Å². The normalized spacial score (nSPS) is 11.8. The number of hydrogen-bond acceptors (Lipinski definition) is 6. The molecule has 2 amide bonds. The van der Waals surface area contributed by atoms with E-state index in [1.165, 1.54) is 29.3 Å². The van der Waals surface area contributed by atoms with Gasteiger partial charge in [-0.25, -0.2) is 4.98 Å². The lowest BCUT2D eigenvalue weighted by Crippen LogP contribution is -2.20. The Labute approximate surface area is 186 Å². The molecule has 0 unspecified atom stereocenters.